The number of carbonyl (C=O) groups is 2. The number of urea groups is 1. The lowest BCUT2D eigenvalue weighted by atomic mass is 9.97. The normalized spacial score (nSPS) is 24.2. The van der Waals surface area contributed by atoms with E-state index in [0.29, 0.717) is 38.8 Å². The Morgan fingerprint density at radius 2 is 2.04 bits per heavy atom. The van der Waals surface area contributed by atoms with E-state index in [1.54, 1.807) is 4.90 Å². The fourth-order valence-corrected chi connectivity index (χ4v) is 4.20. The van der Waals surface area contributed by atoms with Crippen LogP contribution in [0.2, 0.25) is 0 Å². The number of hydrogen-bond acceptors (Lipinski definition) is 3. The molecule has 146 valence electrons. The number of morpholine rings is 1. The highest BCUT2D eigenvalue weighted by atomic mass is 16.5. The van der Waals surface area contributed by atoms with E-state index in [2.05, 4.69) is 16.7 Å². The van der Waals surface area contributed by atoms with Gasteiger partial charge in [0.05, 0.1) is 19.3 Å². The van der Waals surface area contributed by atoms with Gasteiger partial charge in [-0.25, -0.2) is 4.79 Å². The van der Waals surface area contributed by atoms with Gasteiger partial charge in [0.15, 0.2) is 0 Å². The van der Waals surface area contributed by atoms with Crippen molar-refractivity contribution in [2.45, 2.75) is 76.3 Å². The molecule has 26 heavy (non-hydrogen) atoms. The molecule has 3 aliphatic rings. The van der Waals surface area contributed by atoms with Crippen LogP contribution in [0.1, 0.15) is 64.2 Å². The van der Waals surface area contributed by atoms with E-state index < -0.39 is 0 Å². The topological polar surface area (TPSA) is 70.7 Å². The van der Waals surface area contributed by atoms with Crippen LogP contribution in [-0.2, 0) is 9.53 Å². The predicted molar refractivity (Wildman–Crippen MR) is 101 cm³/mol. The minimum atomic E-state index is -0.168. The van der Waals surface area contributed by atoms with Gasteiger partial charge in [0.25, 0.3) is 0 Å². The maximum Gasteiger partial charge on any atom is 0.318 e. The summed E-state index contributed by atoms with van der Waals surface area (Å²) >= 11 is 0. The van der Waals surface area contributed by atoms with Crippen molar-refractivity contribution in [3.63, 3.8) is 0 Å². The molecule has 0 radical (unpaired) electrons. The smallest absolute Gasteiger partial charge is 0.318 e. The molecule has 0 aromatic heterocycles. The first kappa shape index (κ1) is 19.2. The largest absolute Gasteiger partial charge is 0.377 e. The van der Waals surface area contributed by atoms with Crippen molar-refractivity contribution >= 4 is 11.9 Å². The van der Waals surface area contributed by atoms with Crippen molar-refractivity contribution in [2.75, 3.05) is 26.3 Å². The summed E-state index contributed by atoms with van der Waals surface area (Å²) in [6.07, 6.45) is 13.0. The maximum absolute atomic E-state index is 12.6. The molecule has 0 bridgehead atoms. The molecule has 1 aliphatic heterocycles. The number of nitrogens with one attached hydrogen (secondary N) is 2. The Kier molecular flexibility index (Phi) is 7.35. The Morgan fingerprint density at radius 1 is 1.19 bits per heavy atom. The summed E-state index contributed by atoms with van der Waals surface area (Å²) in [6.45, 7) is 2.23. The minimum absolute atomic E-state index is 0.00979. The van der Waals surface area contributed by atoms with Crippen molar-refractivity contribution in [3.05, 3.63) is 11.6 Å². The van der Waals surface area contributed by atoms with E-state index in [4.69, 9.17) is 4.74 Å². The van der Waals surface area contributed by atoms with E-state index >= 15 is 0 Å². The molecule has 1 atom stereocenters. The number of ether oxygens (including phenoxy) is 1. The molecular weight excluding hydrogens is 330 g/mol. The molecule has 2 fully saturated rings. The van der Waals surface area contributed by atoms with E-state index in [9.17, 15) is 9.59 Å². The van der Waals surface area contributed by atoms with Gasteiger partial charge < -0.3 is 20.3 Å². The van der Waals surface area contributed by atoms with Gasteiger partial charge >= 0.3 is 6.03 Å². The quantitative estimate of drug-likeness (QED) is 0.713. The first-order valence-corrected chi connectivity index (χ1v) is 10.3. The first-order valence-electron chi connectivity index (χ1n) is 10.3. The molecule has 1 unspecified atom stereocenters. The standard InChI is InChI=1S/C20H33N3O3/c24-19(21-11-10-16-6-2-1-3-7-16)14-18-15-26-13-12-23(18)20(25)22-17-8-4-5-9-17/h6,17-18H,1-5,7-15H2,(H,21,24)(H,22,25). The maximum atomic E-state index is 12.6. The van der Waals surface area contributed by atoms with Crippen molar-refractivity contribution in [3.8, 4) is 0 Å². The Bertz CT molecular complexity index is 514. The molecule has 0 aromatic rings. The van der Waals surface area contributed by atoms with Gasteiger partial charge in [-0.2, -0.15) is 0 Å². The van der Waals surface area contributed by atoms with Crippen LogP contribution in [-0.4, -0.2) is 55.2 Å². The molecule has 1 saturated heterocycles. The highest BCUT2D eigenvalue weighted by molar-refractivity contribution is 5.79. The lowest BCUT2D eigenvalue weighted by Gasteiger charge is -2.36. The van der Waals surface area contributed by atoms with E-state index in [-0.39, 0.29) is 18.0 Å². The van der Waals surface area contributed by atoms with Crippen molar-refractivity contribution in [2.24, 2.45) is 0 Å². The van der Waals surface area contributed by atoms with Crippen LogP contribution in [0.4, 0.5) is 4.79 Å². The third-order valence-corrected chi connectivity index (χ3v) is 5.75. The van der Waals surface area contributed by atoms with E-state index in [1.807, 2.05) is 0 Å². The summed E-state index contributed by atoms with van der Waals surface area (Å²) in [5.41, 5.74) is 1.47. The lowest BCUT2D eigenvalue weighted by molar-refractivity contribution is -0.123. The Morgan fingerprint density at radius 3 is 2.81 bits per heavy atom. The van der Waals surface area contributed by atoms with Crippen LogP contribution < -0.4 is 10.6 Å². The van der Waals surface area contributed by atoms with Gasteiger partial charge in [0, 0.05) is 25.6 Å². The summed E-state index contributed by atoms with van der Waals surface area (Å²) in [6, 6.07) is 0.0907. The van der Waals surface area contributed by atoms with Crippen LogP contribution in [0.25, 0.3) is 0 Å². The monoisotopic (exact) mass is 363 g/mol. The Hall–Kier alpha value is -1.56. The van der Waals surface area contributed by atoms with Gasteiger partial charge in [-0.3, -0.25) is 4.79 Å². The molecule has 6 heteroatoms. The molecule has 3 amide bonds. The molecule has 2 aliphatic carbocycles. The average Bonchev–Trinajstić information content (AvgIpc) is 3.16. The fourth-order valence-electron chi connectivity index (χ4n) is 4.20. The van der Waals surface area contributed by atoms with Gasteiger partial charge in [-0.1, -0.05) is 24.5 Å². The second-order valence-electron chi connectivity index (χ2n) is 7.77. The highest BCUT2D eigenvalue weighted by Crippen LogP contribution is 2.20. The number of nitrogens with zero attached hydrogens (tertiary/aromatic N) is 1. The summed E-state index contributed by atoms with van der Waals surface area (Å²) in [4.78, 5) is 26.7. The zero-order valence-electron chi connectivity index (χ0n) is 15.8. The van der Waals surface area contributed by atoms with Crippen molar-refractivity contribution in [1.82, 2.24) is 15.5 Å². The molecule has 1 saturated carbocycles. The molecule has 1 heterocycles. The lowest BCUT2D eigenvalue weighted by Crippen LogP contribution is -2.55. The van der Waals surface area contributed by atoms with Crippen LogP contribution >= 0.6 is 0 Å². The summed E-state index contributed by atoms with van der Waals surface area (Å²) in [5, 5.41) is 6.15. The average molecular weight is 364 g/mol. The summed E-state index contributed by atoms with van der Waals surface area (Å²) < 4.78 is 5.52. The van der Waals surface area contributed by atoms with Crippen LogP contribution in [0.15, 0.2) is 11.6 Å². The van der Waals surface area contributed by atoms with Gasteiger partial charge in [-0.15, -0.1) is 0 Å². The zero-order chi connectivity index (χ0) is 18.2. The minimum Gasteiger partial charge on any atom is -0.377 e. The number of rotatable bonds is 6. The number of carbonyl (C=O) groups excluding carboxylic acids is 2. The third kappa shape index (κ3) is 5.73. The molecule has 3 rings (SSSR count). The molecule has 0 aromatic carbocycles. The highest BCUT2D eigenvalue weighted by Gasteiger charge is 2.30. The number of allylic oxidation sites excluding steroid dienone is 1. The SMILES string of the molecule is O=C(CC1COCCN1C(=O)NC1CCCC1)NCCC1=CCCCC1. The zero-order valence-corrected chi connectivity index (χ0v) is 15.8. The second-order valence-corrected chi connectivity index (χ2v) is 7.77. The van der Waals surface area contributed by atoms with Gasteiger partial charge in [0.1, 0.15) is 0 Å². The summed E-state index contributed by atoms with van der Waals surface area (Å²) in [5.74, 6) is 0.00979. The van der Waals surface area contributed by atoms with Crippen LogP contribution in [0.5, 0.6) is 0 Å². The van der Waals surface area contributed by atoms with Crippen molar-refractivity contribution in [1.29, 1.82) is 0 Å². The number of hydrogen-bond donors (Lipinski definition) is 2. The fraction of sp³-hybridized carbons (Fsp3) is 0.800. The Balaban J connectivity index is 1.42. The van der Waals surface area contributed by atoms with Crippen LogP contribution in [0, 0.1) is 0 Å². The van der Waals surface area contributed by atoms with Crippen molar-refractivity contribution < 1.29 is 14.3 Å². The first-order chi connectivity index (χ1) is 12.7. The Labute approximate surface area is 156 Å². The number of amides is 3. The molecule has 2 N–H and O–H groups in total. The summed E-state index contributed by atoms with van der Waals surface area (Å²) in [7, 11) is 0. The molecule has 6 nitrogen and oxygen atoms in total. The second kappa shape index (κ2) is 9.95. The third-order valence-electron chi connectivity index (χ3n) is 5.75. The molecule has 0 spiro atoms. The van der Waals surface area contributed by atoms with E-state index in [1.165, 1.54) is 44.1 Å². The van der Waals surface area contributed by atoms with Crippen LogP contribution in [0.3, 0.4) is 0 Å². The van der Waals surface area contributed by atoms with E-state index in [0.717, 1.165) is 19.3 Å². The van der Waals surface area contributed by atoms with Gasteiger partial charge in [0.2, 0.25) is 5.91 Å². The van der Waals surface area contributed by atoms with Gasteiger partial charge in [-0.05, 0) is 44.9 Å². The molecular formula is C20H33N3O3. The predicted octanol–water partition coefficient (Wildman–Crippen LogP) is 2.74.